The predicted octanol–water partition coefficient (Wildman–Crippen LogP) is 2.78. The average Bonchev–Trinajstić information content (AvgIpc) is 2.47. The Morgan fingerprint density at radius 2 is 1.40 bits per heavy atom. The first-order valence-electron chi connectivity index (χ1n) is 6.26. The Balaban J connectivity index is 2.55. The third-order valence-corrected chi connectivity index (χ3v) is 5.25. The third kappa shape index (κ3) is 2.80. The van der Waals surface area contributed by atoms with Crippen molar-refractivity contribution in [2.45, 2.75) is 11.7 Å². The molecule has 0 saturated heterocycles. The van der Waals surface area contributed by atoms with E-state index in [-0.39, 0.29) is 5.75 Å². The first-order chi connectivity index (χ1) is 9.55. The highest BCUT2D eigenvalue weighted by molar-refractivity contribution is 7.86. The van der Waals surface area contributed by atoms with Gasteiger partial charge in [-0.3, -0.25) is 9.00 Å². The molecular formula is C16H16O3S. The zero-order valence-electron chi connectivity index (χ0n) is 11.2. The monoisotopic (exact) mass is 288 g/mol. The van der Waals surface area contributed by atoms with Crippen LogP contribution < -0.4 is 0 Å². The van der Waals surface area contributed by atoms with E-state index in [1.807, 2.05) is 67.6 Å². The molecule has 1 atom stereocenters. The van der Waals surface area contributed by atoms with Gasteiger partial charge in [0, 0.05) is 10.8 Å². The highest BCUT2D eigenvalue weighted by Gasteiger charge is 2.36. The summed E-state index contributed by atoms with van der Waals surface area (Å²) in [5.41, 5.74) is 1.71. The quantitative estimate of drug-likeness (QED) is 0.920. The zero-order chi connectivity index (χ0) is 14.6. The fourth-order valence-corrected chi connectivity index (χ4v) is 3.51. The van der Waals surface area contributed by atoms with Gasteiger partial charge in [-0.25, -0.2) is 0 Å². The normalized spacial score (nSPS) is 12.8. The van der Waals surface area contributed by atoms with E-state index in [0.717, 1.165) is 11.1 Å². The SMILES string of the molecule is CC(c1ccccc1)(c1ccccc1)S(=O)CC(=O)O. The van der Waals surface area contributed by atoms with E-state index in [1.54, 1.807) is 0 Å². The Morgan fingerprint density at radius 1 is 1.00 bits per heavy atom. The minimum atomic E-state index is -1.56. The highest BCUT2D eigenvalue weighted by Crippen LogP contribution is 2.35. The number of hydrogen-bond donors (Lipinski definition) is 1. The summed E-state index contributed by atoms with van der Waals surface area (Å²) in [6.45, 7) is 1.83. The van der Waals surface area contributed by atoms with E-state index in [1.165, 1.54) is 0 Å². The van der Waals surface area contributed by atoms with Gasteiger partial charge < -0.3 is 5.11 Å². The fraction of sp³-hybridized carbons (Fsp3) is 0.188. The van der Waals surface area contributed by atoms with Gasteiger partial charge in [0.25, 0.3) is 0 Å². The Bertz CT molecular complexity index is 569. The predicted molar refractivity (Wildman–Crippen MR) is 80.0 cm³/mol. The van der Waals surface area contributed by atoms with E-state index in [4.69, 9.17) is 5.11 Å². The molecule has 0 spiro atoms. The number of carbonyl (C=O) groups is 1. The van der Waals surface area contributed by atoms with Crippen molar-refractivity contribution >= 4 is 16.8 Å². The minimum absolute atomic E-state index is 0.375. The molecule has 1 unspecified atom stereocenters. The summed E-state index contributed by atoms with van der Waals surface area (Å²) < 4.78 is 11.8. The van der Waals surface area contributed by atoms with Gasteiger partial charge in [-0.05, 0) is 18.1 Å². The number of carboxylic acids is 1. The van der Waals surface area contributed by atoms with Gasteiger partial charge in [-0.2, -0.15) is 0 Å². The van der Waals surface area contributed by atoms with E-state index in [0.29, 0.717) is 0 Å². The van der Waals surface area contributed by atoms with Gasteiger partial charge in [0.2, 0.25) is 0 Å². The van der Waals surface area contributed by atoms with Crippen molar-refractivity contribution in [2.75, 3.05) is 5.75 Å². The molecule has 2 rings (SSSR count). The maximum absolute atomic E-state index is 12.6. The summed E-state index contributed by atoms with van der Waals surface area (Å²) in [4.78, 5) is 10.9. The zero-order valence-corrected chi connectivity index (χ0v) is 12.0. The average molecular weight is 288 g/mol. The molecular weight excluding hydrogens is 272 g/mol. The summed E-state index contributed by atoms with van der Waals surface area (Å²) in [5, 5.41) is 8.95. The molecule has 0 bridgehead atoms. The van der Waals surface area contributed by atoms with Gasteiger partial charge >= 0.3 is 5.97 Å². The van der Waals surface area contributed by atoms with E-state index < -0.39 is 21.5 Å². The molecule has 104 valence electrons. The van der Waals surface area contributed by atoms with Crippen molar-refractivity contribution in [3.05, 3.63) is 71.8 Å². The summed E-state index contributed by atoms with van der Waals surface area (Å²) in [5.74, 6) is -1.43. The van der Waals surface area contributed by atoms with Gasteiger partial charge in [0.1, 0.15) is 5.75 Å². The molecule has 0 aliphatic carbocycles. The summed E-state index contributed by atoms with van der Waals surface area (Å²) >= 11 is 0. The van der Waals surface area contributed by atoms with E-state index in [9.17, 15) is 9.00 Å². The molecule has 0 radical (unpaired) electrons. The van der Waals surface area contributed by atoms with Crippen LogP contribution in [0.15, 0.2) is 60.7 Å². The summed E-state index contributed by atoms with van der Waals surface area (Å²) in [6.07, 6.45) is 0. The van der Waals surface area contributed by atoms with Crippen LogP contribution in [0.4, 0.5) is 0 Å². The molecule has 0 fully saturated rings. The molecule has 2 aromatic carbocycles. The molecule has 4 heteroatoms. The van der Waals surface area contributed by atoms with Gasteiger partial charge in [0.15, 0.2) is 0 Å². The van der Waals surface area contributed by atoms with Crippen molar-refractivity contribution in [3.8, 4) is 0 Å². The molecule has 0 aromatic heterocycles. The van der Waals surface area contributed by atoms with Crippen LogP contribution in [-0.4, -0.2) is 21.0 Å². The highest BCUT2D eigenvalue weighted by atomic mass is 32.2. The Kier molecular flexibility index (Phi) is 4.35. The smallest absolute Gasteiger partial charge is 0.316 e. The second-order valence-electron chi connectivity index (χ2n) is 4.65. The Hall–Kier alpha value is -1.94. The van der Waals surface area contributed by atoms with Crippen LogP contribution in [0.3, 0.4) is 0 Å². The second-order valence-corrected chi connectivity index (χ2v) is 6.45. The van der Waals surface area contributed by atoms with Gasteiger partial charge in [0.05, 0.1) is 4.75 Å². The van der Waals surface area contributed by atoms with E-state index in [2.05, 4.69) is 0 Å². The van der Waals surface area contributed by atoms with Crippen molar-refractivity contribution in [3.63, 3.8) is 0 Å². The van der Waals surface area contributed by atoms with Crippen molar-refractivity contribution in [1.29, 1.82) is 0 Å². The minimum Gasteiger partial charge on any atom is -0.481 e. The number of rotatable bonds is 5. The Labute approximate surface area is 120 Å². The number of aliphatic carboxylic acids is 1. The standard InChI is InChI=1S/C16H16O3S/c1-16(20(19)12-15(17)18,13-8-4-2-5-9-13)14-10-6-3-7-11-14/h2-11H,12H2,1H3,(H,17,18). The van der Waals surface area contributed by atoms with Crippen LogP contribution in [0.5, 0.6) is 0 Å². The lowest BCUT2D eigenvalue weighted by Crippen LogP contribution is -2.33. The molecule has 0 aliphatic rings. The second kappa shape index (κ2) is 6.01. The van der Waals surface area contributed by atoms with Crippen LogP contribution in [0.1, 0.15) is 18.1 Å². The Morgan fingerprint density at radius 3 is 1.75 bits per heavy atom. The molecule has 0 saturated carbocycles. The van der Waals surface area contributed by atoms with Gasteiger partial charge in [-0.15, -0.1) is 0 Å². The molecule has 20 heavy (non-hydrogen) atoms. The fourth-order valence-electron chi connectivity index (χ4n) is 2.20. The van der Waals surface area contributed by atoms with Crippen LogP contribution >= 0.6 is 0 Å². The molecule has 1 N–H and O–H groups in total. The van der Waals surface area contributed by atoms with Crippen LogP contribution in [0.25, 0.3) is 0 Å². The third-order valence-electron chi connectivity index (χ3n) is 3.36. The van der Waals surface area contributed by atoms with Crippen molar-refractivity contribution in [2.24, 2.45) is 0 Å². The maximum atomic E-state index is 12.6. The van der Waals surface area contributed by atoms with Crippen LogP contribution in [0.2, 0.25) is 0 Å². The molecule has 0 aliphatic heterocycles. The van der Waals surface area contributed by atoms with E-state index >= 15 is 0 Å². The van der Waals surface area contributed by atoms with Crippen LogP contribution in [0, 0.1) is 0 Å². The van der Waals surface area contributed by atoms with Crippen LogP contribution in [-0.2, 0) is 20.3 Å². The van der Waals surface area contributed by atoms with Gasteiger partial charge in [-0.1, -0.05) is 60.7 Å². The first kappa shape index (κ1) is 14.5. The number of carboxylic acid groups (broad SMARTS) is 1. The first-order valence-corrected chi connectivity index (χ1v) is 7.58. The van der Waals surface area contributed by atoms with Crippen molar-refractivity contribution in [1.82, 2.24) is 0 Å². The summed E-state index contributed by atoms with van der Waals surface area (Å²) in [6, 6.07) is 18.8. The topological polar surface area (TPSA) is 54.4 Å². The number of hydrogen-bond acceptors (Lipinski definition) is 2. The molecule has 3 nitrogen and oxygen atoms in total. The molecule has 2 aromatic rings. The summed E-state index contributed by atoms with van der Waals surface area (Å²) in [7, 11) is -1.56. The maximum Gasteiger partial charge on any atom is 0.316 e. The van der Waals surface area contributed by atoms with Crippen molar-refractivity contribution < 1.29 is 14.1 Å². The lowest BCUT2D eigenvalue weighted by atomic mass is 9.92. The largest absolute Gasteiger partial charge is 0.481 e. The molecule has 0 heterocycles. The molecule has 0 amide bonds. The number of benzene rings is 2. The lowest BCUT2D eigenvalue weighted by molar-refractivity contribution is -0.134. The lowest BCUT2D eigenvalue weighted by Gasteiger charge is -2.29.